The van der Waals surface area contributed by atoms with Gasteiger partial charge < -0.3 is 5.32 Å². The monoisotopic (exact) mass is 326 g/mol. The smallest absolute Gasteiger partial charge is 0.265 e. The predicted molar refractivity (Wildman–Crippen MR) is 83.9 cm³/mol. The summed E-state index contributed by atoms with van der Waals surface area (Å²) in [6, 6.07) is 3.67. The van der Waals surface area contributed by atoms with Crippen LogP contribution in [0.5, 0.6) is 0 Å². The lowest BCUT2D eigenvalue weighted by molar-refractivity contribution is 0.592. The van der Waals surface area contributed by atoms with Crippen LogP contribution in [0.25, 0.3) is 0 Å². The molecule has 0 aliphatic rings. The molecule has 0 aliphatic carbocycles. The van der Waals surface area contributed by atoms with E-state index in [0.29, 0.717) is 12.6 Å². The van der Waals surface area contributed by atoms with Gasteiger partial charge >= 0.3 is 0 Å². The number of thiophene rings is 1. The zero-order valence-electron chi connectivity index (χ0n) is 12.1. The molecule has 0 bridgehead atoms. The van der Waals surface area contributed by atoms with Crippen LogP contribution in [0, 0.1) is 6.92 Å². The lowest BCUT2D eigenvalue weighted by atomic mass is 10.3. The van der Waals surface area contributed by atoms with Crippen LogP contribution >= 0.6 is 11.3 Å². The number of anilines is 1. The summed E-state index contributed by atoms with van der Waals surface area (Å²) in [5.41, 5.74) is 0. The van der Waals surface area contributed by atoms with Crippen LogP contribution in [0.1, 0.15) is 23.6 Å². The van der Waals surface area contributed by atoms with Crippen molar-refractivity contribution in [3.8, 4) is 0 Å². The van der Waals surface area contributed by atoms with E-state index >= 15 is 0 Å². The highest BCUT2D eigenvalue weighted by Crippen LogP contribution is 2.26. The van der Waals surface area contributed by atoms with Gasteiger partial charge in [0.2, 0.25) is 5.95 Å². The fourth-order valence-corrected chi connectivity index (χ4v) is 4.26. The second-order valence-electron chi connectivity index (χ2n) is 4.85. The van der Waals surface area contributed by atoms with E-state index in [1.165, 1.54) is 23.7 Å². The molecule has 21 heavy (non-hydrogen) atoms. The molecule has 2 heterocycles. The van der Waals surface area contributed by atoms with E-state index in [1.807, 2.05) is 13.8 Å². The van der Waals surface area contributed by atoms with Crippen molar-refractivity contribution in [1.82, 2.24) is 15.3 Å². The number of nitrogens with one attached hydrogen (secondary N) is 2. The topological polar surface area (TPSA) is 84.0 Å². The first-order chi connectivity index (χ1) is 9.88. The lowest BCUT2D eigenvalue weighted by Crippen LogP contribution is -2.21. The van der Waals surface area contributed by atoms with Gasteiger partial charge in [-0.3, -0.25) is 0 Å². The fraction of sp³-hybridized carbons (Fsp3) is 0.385. The molecule has 0 unspecified atom stereocenters. The summed E-state index contributed by atoms with van der Waals surface area (Å²) < 4.78 is 27.1. The van der Waals surface area contributed by atoms with Gasteiger partial charge in [-0.15, -0.1) is 11.3 Å². The molecule has 0 saturated carbocycles. The zero-order chi connectivity index (χ0) is 15.5. The summed E-state index contributed by atoms with van der Waals surface area (Å²) in [6.45, 7) is 6.54. The van der Waals surface area contributed by atoms with Crippen molar-refractivity contribution in [1.29, 1.82) is 0 Å². The molecule has 0 saturated heterocycles. The van der Waals surface area contributed by atoms with Gasteiger partial charge in [0, 0.05) is 34.7 Å². The summed E-state index contributed by atoms with van der Waals surface area (Å²) in [5, 5.41) is 3.27. The zero-order valence-corrected chi connectivity index (χ0v) is 13.8. The maximum Gasteiger partial charge on any atom is 0.265 e. The van der Waals surface area contributed by atoms with Crippen LogP contribution < -0.4 is 10.0 Å². The molecule has 8 heteroatoms. The Bertz CT molecular complexity index is 696. The van der Waals surface area contributed by atoms with Crippen LogP contribution in [0.15, 0.2) is 29.4 Å². The van der Waals surface area contributed by atoms with E-state index in [9.17, 15) is 8.42 Å². The van der Waals surface area contributed by atoms with Gasteiger partial charge in [0.1, 0.15) is 4.90 Å². The van der Waals surface area contributed by atoms with E-state index in [-0.39, 0.29) is 10.8 Å². The minimum absolute atomic E-state index is 0.0740. The Morgan fingerprint density at radius 3 is 2.57 bits per heavy atom. The molecule has 114 valence electrons. The Hall–Kier alpha value is -1.51. The molecule has 0 aromatic carbocycles. The van der Waals surface area contributed by atoms with Crippen molar-refractivity contribution in [2.75, 3.05) is 4.72 Å². The second kappa shape index (κ2) is 6.50. The van der Waals surface area contributed by atoms with E-state index in [4.69, 9.17) is 0 Å². The van der Waals surface area contributed by atoms with Crippen molar-refractivity contribution in [3.05, 3.63) is 34.3 Å². The molecule has 2 aromatic heterocycles. The third kappa shape index (κ3) is 4.23. The number of hydrogen-bond donors (Lipinski definition) is 2. The highest BCUT2D eigenvalue weighted by molar-refractivity contribution is 7.92. The Labute approximate surface area is 128 Å². The van der Waals surface area contributed by atoms with Gasteiger partial charge in [-0.05, 0) is 19.1 Å². The molecule has 6 nitrogen and oxygen atoms in total. The molecule has 2 N–H and O–H groups in total. The Morgan fingerprint density at radius 2 is 1.95 bits per heavy atom. The van der Waals surface area contributed by atoms with Crippen molar-refractivity contribution in [3.63, 3.8) is 0 Å². The number of rotatable bonds is 6. The number of aromatic nitrogens is 2. The van der Waals surface area contributed by atoms with Gasteiger partial charge in [0.25, 0.3) is 10.0 Å². The van der Waals surface area contributed by atoms with Crippen LogP contribution in [0.2, 0.25) is 0 Å². The summed E-state index contributed by atoms with van der Waals surface area (Å²) in [5.74, 6) is 0.0740. The van der Waals surface area contributed by atoms with Crippen molar-refractivity contribution in [2.45, 2.75) is 38.3 Å². The average molecular weight is 326 g/mol. The maximum absolute atomic E-state index is 12.4. The number of nitrogens with zero attached hydrogens (tertiary/aromatic N) is 2. The molecular weight excluding hydrogens is 308 g/mol. The summed E-state index contributed by atoms with van der Waals surface area (Å²) in [7, 11) is -3.65. The normalized spacial score (nSPS) is 11.8. The Morgan fingerprint density at radius 1 is 1.29 bits per heavy atom. The Kier molecular flexibility index (Phi) is 4.92. The minimum atomic E-state index is -3.65. The van der Waals surface area contributed by atoms with E-state index in [1.54, 1.807) is 19.1 Å². The van der Waals surface area contributed by atoms with Gasteiger partial charge in [0.05, 0.1) is 0 Å². The van der Waals surface area contributed by atoms with Gasteiger partial charge in [0.15, 0.2) is 0 Å². The third-order valence-electron chi connectivity index (χ3n) is 2.69. The highest BCUT2D eigenvalue weighted by atomic mass is 32.2. The summed E-state index contributed by atoms with van der Waals surface area (Å²) >= 11 is 1.47. The second-order valence-corrected chi connectivity index (χ2v) is 7.84. The van der Waals surface area contributed by atoms with Gasteiger partial charge in [-0.1, -0.05) is 13.8 Å². The molecule has 0 spiro atoms. The molecule has 2 rings (SSSR count). The quantitative estimate of drug-likeness (QED) is 0.850. The van der Waals surface area contributed by atoms with Gasteiger partial charge in [-0.2, -0.15) is 0 Å². The van der Waals surface area contributed by atoms with E-state index in [0.717, 1.165) is 9.75 Å². The minimum Gasteiger partial charge on any atom is -0.310 e. The fourth-order valence-electron chi connectivity index (χ4n) is 1.71. The van der Waals surface area contributed by atoms with Crippen molar-refractivity contribution < 1.29 is 8.42 Å². The summed E-state index contributed by atoms with van der Waals surface area (Å²) in [4.78, 5) is 9.76. The van der Waals surface area contributed by atoms with Crippen LogP contribution in [-0.4, -0.2) is 24.4 Å². The van der Waals surface area contributed by atoms with Crippen LogP contribution in [-0.2, 0) is 16.6 Å². The number of sulfonamides is 1. The first-order valence-electron chi connectivity index (χ1n) is 6.51. The highest BCUT2D eigenvalue weighted by Gasteiger charge is 2.21. The van der Waals surface area contributed by atoms with Crippen molar-refractivity contribution >= 4 is 27.3 Å². The van der Waals surface area contributed by atoms with Crippen LogP contribution in [0.4, 0.5) is 5.95 Å². The molecule has 0 radical (unpaired) electrons. The first-order valence-corrected chi connectivity index (χ1v) is 8.81. The maximum atomic E-state index is 12.4. The largest absolute Gasteiger partial charge is 0.310 e. The standard InChI is InChI=1S/C13H18N4O2S2/c1-9(2)16-8-11-7-12(10(3)20-11)21(18,19)17-13-14-5-4-6-15-13/h4-7,9,16H,8H2,1-3H3,(H,14,15,17). The molecule has 0 fully saturated rings. The molecule has 0 aliphatic heterocycles. The SMILES string of the molecule is Cc1sc(CNC(C)C)cc1S(=O)(=O)Nc1ncccn1. The number of hydrogen-bond acceptors (Lipinski definition) is 6. The molecule has 0 atom stereocenters. The molecule has 0 amide bonds. The van der Waals surface area contributed by atoms with E-state index < -0.39 is 10.0 Å². The third-order valence-corrected chi connectivity index (χ3v) is 5.32. The lowest BCUT2D eigenvalue weighted by Gasteiger charge is -2.05. The predicted octanol–water partition coefficient (Wildman–Crippen LogP) is 2.15. The Balaban J connectivity index is 2.20. The van der Waals surface area contributed by atoms with E-state index in [2.05, 4.69) is 20.0 Å². The average Bonchev–Trinajstić information content (AvgIpc) is 2.79. The number of aryl methyl sites for hydroxylation is 1. The van der Waals surface area contributed by atoms with Crippen LogP contribution in [0.3, 0.4) is 0 Å². The molecular formula is C13H18N4O2S2. The van der Waals surface area contributed by atoms with Crippen molar-refractivity contribution in [2.24, 2.45) is 0 Å². The summed E-state index contributed by atoms with van der Waals surface area (Å²) in [6.07, 6.45) is 2.98. The molecule has 2 aromatic rings. The first kappa shape index (κ1) is 15.9. The van der Waals surface area contributed by atoms with Gasteiger partial charge in [-0.25, -0.2) is 23.1 Å².